The molecule has 0 radical (unpaired) electrons. The fourth-order valence-electron chi connectivity index (χ4n) is 1.79. The molecule has 0 aliphatic carbocycles. The highest BCUT2D eigenvalue weighted by atomic mass is 16.5. The van der Waals surface area contributed by atoms with Crippen LogP contribution in [0.5, 0.6) is 0 Å². The van der Waals surface area contributed by atoms with Gasteiger partial charge < -0.3 is 4.74 Å². The third-order valence-electron chi connectivity index (χ3n) is 3.06. The van der Waals surface area contributed by atoms with Gasteiger partial charge >= 0.3 is 0 Å². The molecule has 1 heterocycles. The molecule has 1 atom stereocenters. The Balaban J connectivity index is 2.32. The lowest BCUT2D eigenvalue weighted by Gasteiger charge is -2.30. The molecular weight excluding hydrogens is 136 g/mol. The first-order valence-corrected chi connectivity index (χ1v) is 4.79. The van der Waals surface area contributed by atoms with Crippen LogP contribution in [0, 0.1) is 17.8 Å². The van der Waals surface area contributed by atoms with Gasteiger partial charge in [-0.1, -0.05) is 20.8 Å². The van der Waals surface area contributed by atoms with Gasteiger partial charge in [0.05, 0.1) is 0 Å². The average molecular weight is 156 g/mol. The zero-order valence-electron chi connectivity index (χ0n) is 7.97. The van der Waals surface area contributed by atoms with E-state index < -0.39 is 0 Å². The first-order chi connectivity index (χ1) is 5.22. The molecule has 1 nitrogen and oxygen atoms in total. The molecule has 1 rings (SSSR count). The summed E-state index contributed by atoms with van der Waals surface area (Å²) in [5.74, 6) is 2.63. The van der Waals surface area contributed by atoms with Crippen molar-refractivity contribution in [3.8, 4) is 0 Å². The van der Waals surface area contributed by atoms with E-state index in [-0.39, 0.29) is 0 Å². The van der Waals surface area contributed by atoms with Crippen LogP contribution < -0.4 is 0 Å². The average Bonchev–Trinajstić information content (AvgIpc) is 2.05. The Kier molecular flexibility index (Phi) is 3.38. The lowest BCUT2D eigenvalue weighted by molar-refractivity contribution is 0.0414. The molecule has 0 saturated carbocycles. The zero-order valence-corrected chi connectivity index (χ0v) is 7.97. The first kappa shape index (κ1) is 9.05. The van der Waals surface area contributed by atoms with Gasteiger partial charge in [-0.05, 0) is 30.6 Å². The van der Waals surface area contributed by atoms with E-state index >= 15 is 0 Å². The fourth-order valence-corrected chi connectivity index (χ4v) is 1.79. The minimum absolute atomic E-state index is 0.832. The summed E-state index contributed by atoms with van der Waals surface area (Å²) in [6.07, 6.45) is 2.55. The van der Waals surface area contributed by atoms with Gasteiger partial charge in [-0.2, -0.15) is 0 Å². The highest BCUT2D eigenvalue weighted by molar-refractivity contribution is 4.71. The van der Waals surface area contributed by atoms with Crippen molar-refractivity contribution in [3.05, 3.63) is 0 Å². The molecule has 0 unspecified atom stereocenters. The van der Waals surface area contributed by atoms with Crippen molar-refractivity contribution >= 4 is 0 Å². The Morgan fingerprint density at radius 1 is 1.09 bits per heavy atom. The van der Waals surface area contributed by atoms with Gasteiger partial charge in [0, 0.05) is 13.2 Å². The van der Waals surface area contributed by atoms with Crippen molar-refractivity contribution in [2.24, 2.45) is 17.8 Å². The van der Waals surface area contributed by atoms with Crippen molar-refractivity contribution < 1.29 is 4.74 Å². The van der Waals surface area contributed by atoms with Crippen LogP contribution in [0.15, 0.2) is 0 Å². The topological polar surface area (TPSA) is 9.23 Å². The molecule has 1 saturated heterocycles. The van der Waals surface area contributed by atoms with E-state index in [1.54, 1.807) is 0 Å². The summed E-state index contributed by atoms with van der Waals surface area (Å²) in [5, 5.41) is 0. The SMILES string of the molecule is CC(C)[C@@H](C)C1CCOCC1. The van der Waals surface area contributed by atoms with Crippen LogP contribution in [0.4, 0.5) is 0 Å². The van der Waals surface area contributed by atoms with Crippen LogP contribution in [0.2, 0.25) is 0 Å². The summed E-state index contributed by atoms with van der Waals surface area (Å²) in [6.45, 7) is 8.99. The third-order valence-corrected chi connectivity index (χ3v) is 3.06. The Morgan fingerprint density at radius 2 is 1.64 bits per heavy atom. The summed E-state index contributed by atoms with van der Waals surface area (Å²) in [4.78, 5) is 0. The van der Waals surface area contributed by atoms with Crippen LogP contribution >= 0.6 is 0 Å². The minimum atomic E-state index is 0.832. The second-order valence-electron chi connectivity index (χ2n) is 4.05. The molecule has 0 aromatic rings. The summed E-state index contributed by atoms with van der Waals surface area (Å²) in [5.41, 5.74) is 0. The van der Waals surface area contributed by atoms with Gasteiger partial charge in [0.2, 0.25) is 0 Å². The van der Waals surface area contributed by atoms with Gasteiger partial charge in [-0.3, -0.25) is 0 Å². The molecule has 1 fully saturated rings. The number of ether oxygens (including phenoxy) is 1. The molecule has 0 spiro atoms. The monoisotopic (exact) mass is 156 g/mol. The highest BCUT2D eigenvalue weighted by Gasteiger charge is 2.22. The minimum Gasteiger partial charge on any atom is -0.381 e. The fraction of sp³-hybridized carbons (Fsp3) is 1.00. The maximum absolute atomic E-state index is 5.33. The lowest BCUT2D eigenvalue weighted by atomic mass is 9.80. The molecule has 0 aromatic carbocycles. The molecule has 11 heavy (non-hydrogen) atoms. The van der Waals surface area contributed by atoms with E-state index in [0.29, 0.717) is 0 Å². The van der Waals surface area contributed by atoms with Gasteiger partial charge in [-0.15, -0.1) is 0 Å². The largest absolute Gasteiger partial charge is 0.381 e. The van der Waals surface area contributed by atoms with Crippen molar-refractivity contribution in [1.82, 2.24) is 0 Å². The molecular formula is C10H20O. The van der Waals surface area contributed by atoms with E-state index in [0.717, 1.165) is 31.0 Å². The van der Waals surface area contributed by atoms with Gasteiger partial charge in [0.25, 0.3) is 0 Å². The number of rotatable bonds is 2. The predicted molar refractivity (Wildman–Crippen MR) is 47.5 cm³/mol. The van der Waals surface area contributed by atoms with Gasteiger partial charge in [0.15, 0.2) is 0 Å². The normalized spacial score (nSPS) is 24.0. The highest BCUT2D eigenvalue weighted by Crippen LogP contribution is 2.28. The Morgan fingerprint density at radius 3 is 2.09 bits per heavy atom. The lowest BCUT2D eigenvalue weighted by Crippen LogP contribution is -2.24. The smallest absolute Gasteiger partial charge is 0.0468 e. The maximum atomic E-state index is 5.33. The van der Waals surface area contributed by atoms with Crippen molar-refractivity contribution in [2.75, 3.05) is 13.2 Å². The molecule has 0 amide bonds. The summed E-state index contributed by atoms with van der Waals surface area (Å²) < 4.78 is 5.33. The molecule has 1 aliphatic heterocycles. The second-order valence-corrected chi connectivity index (χ2v) is 4.05. The maximum Gasteiger partial charge on any atom is 0.0468 e. The van der Waals surface area contributed by atoms with Crippen LogP contribution in [0.25, 0.3) is 0 Å². The van der Waals surface area contributed by atoms with Crippen molar-refractivity contribution in [2.45, 2.75) is 33.6 Å². The predicted octanol–water partition coefficient (Wildman–Crippen LogP) is 2.71. The van der Waals surface area contributed by atoms with Crippen LogP contribution in [-0.2, 0) is 4.74 Å². The summed E-state index contributed by atoms with van der Waals surface area (Å²) in [7, 11) is 0. The van der Waals surface area contributed by atoms with Gasteiger partial charge in [-0.25, -0.2) is 0 Å². The van der Waals surface area contributed by atoms with E-state index in [9.17, 15) is 0 Å². The third kappa shape index (κ3) is 2.48. The Hall–Kier alpha value is -0.0400. The zero-order chi connectivity index (χ0) is 8.27. The second kappa shape index (κ2) is 4.10. The van der Waals surface area contributed by atoms with E-state index in [2.05, 4.69) is 20.8 Å². The molecule has 1 heteroatoms. The molecule has 1 aliphatic rings. The molecule has 0 aromatic heterocycles. The van der Waals surface area contributed by atoms with Crippen LogP contribution in [-0.4, -0.2) is 13.2 Å². The molecule has 0 bridgehead atoms. The number of hydrogen-bond acceptors (Lipinski definition) is 1. The van der Waals surface area contributed by atoms with Crippen LogP contribution in [0.1, 0.15) is 33.6 Å². The van der Waals surface area contributed by atoms with Crippen molar-refractivity contribution in [1.29, 1.82) is 0 Å². The van der Waals surface area contributed by atoms with E-state index in [4.69, 9.17) is 4.74 Å². The van der Waals surface area contributed by atoms with Crippen molar-refractivity contribution in [3.63, 3.8) is 0 Å². The Bertz CT molecular complexity index is 103. The Labute approximate surface area is 70.1 Å². The number of hydrogen-bond donors (Lipinski definition) is 0. The first-order valence-electron chi connectivity index (χ1n) is 4.79. The standard InChI is InChI=1S/C10H20O/c1-8(2)9(3)10-4-6-11-7-5-10/h8-10H,4-7H2,1-3H3/t9-/m1/s1. The quantitative estimate of drug-likeness (QED) is 0.597. The summed E-state index contributed by atoms with van der Waals surface area (Å²) >= 11 is 0. The van der Waals surface area contributed by atoms with E-state index in [1.165, 1.54) is 12.8 Å². The van der Waals surface area contributed by atoms with Crippen LogP contribution in [0.3, 0.4) is 0 Å². The molecule has 0 N–H and O–H groups in total. The summed E-state index contributed by atoms with van der Waals surface area (Å²) in [6, 6.07) is 0. The van der Waals surface area contributed by atoms with Gasteiger partial charge in [0.1, 0.15) is 0 Å². The molecule has 66 valence electrons. The van der Waals surface area contributed by atoms with E-state index in [1.807, 2.05) is 0 Å².